The molecule has 1 N–H and O–H groups in total. The number of aromatic nitrogens is 3. The summed E-state index contributed by atoms with van der Waals surface area (Å²) in [7, 11) is 0. The Balaban J connectivity index is 1.82. The number of fused-ring (bicyclic) bond motifs is 1. The van der Waals surface area contributed by atoms with Gasteiger partial charge < -0.3 is 9.88 Å². The van der Waals surface area contributed by atoms with E-state index >= 15 is 0 Å². The summed E-state index contributed by atoms with van der Waals surface area (Å²) in [6, 6.07) is 10.7. The predicted octanol–water partition coefficient (Wildman–Crippen LogP) is 5.06. The lowest BCUT2D eigenvalue weighted by Crippen LogP contribution is -2.09. The van der Waals surface area contributed by atoms with Gasteiger partial charge in [-0.1, -0.05) is 33.8 Å². The van der Waals surface area contributed by atoms with E-state index in [9.17, 15) is 0 Å². The number of hydrogen-bond donors (Lipinski definition) is 1. The van der Waals surface area contributed by atoms with Crippen LogP contribution >= 0.6 is 0 Å². The lowest BCUT2D eigenvalue weighted by Gasteiger charge is -2.13. The van der Waals surface area contributed by atoms with Gasteiger partial charge in [-0.3, -0.25) is 4.98 Å². The molecular weight excluding hydrogens is 296 g/mol. The Labute approximate surface area is 143 Å². The topological polar surface area (TPSA) is 42.7 Å². The summed E-state index contributed by atoms with van der Waals surface area (Å²) < 4.78 is 2.15. The molecule has 4 nitrogen and oxygen atoms in total. The smallest absolute Gasteiger partial charge is 0.0973 e. The molecule has 2 aromatic heterocycles. The molecule has 3 rings (SSSR count). The Morgan fingerprint density at radius 1 is 1.04 bits per heavy atom. The van der Waals surface area contributed by atoms with E-state index < -0.39 is 0 Å². The number of nitrogens with zero attached hydrogens (tertiary/aromatic N) is 3. The molecular formula is C20H26N4. The minimum absolute atomic E-state index is 0.449. The van der Waals surface area contributed by atoms with Crippen LogP contribution in [0.25, 0.3) is 11.0 Å². The first kappa shape index (κ1) is 16.5. The molecule has 0 unspecified atom stereocenters. The second kappa shape index (κ2) is 6.63. The highest BCUT2D eigenvalue weighted by Gasteiger charge is 2.08. The Bertz CT molecular complexity index is 846. The third kappa shape index (κ3) is 3.28. The van der Waals surface area contributed by atoms with Crippen LogP contribution in [0.15, 0.2) is 36.7 Å². The van der Waals surface area contributed by atoms with E-state index in [0.717, 1.165) is 28.1 Å². The minimum atomic E-state index is 0.449. The van der Waals surface area contributed by atoms with E-state index in [2.05, 4.69) is 84.8 Å². The highest BCUT2D eigenvalue weighted by Crippen LogP contribution is 2.22. The Kier molecular flexibility index (Phi) is 4.56. The van der Waals surface area contributed by atoms with Crippen LogP contribution in [0.5, 0.6) is 0 Å². The first-order valence-electron chi connectivity index (χ1n) is 8.62. The Morgan fingerprint density at radius 2 is 1.83 bits per heavy atom. The highest BCUT2D eigenvalue weighted by atomic mass is 15.2. The summed E-state index contributed by atoms with van der Waals surface area (Å²) in [4.78, 5) is 9.18. The van der Waals surface area contributed by atoms with E-state index in [4.69, 9.17) is 0 Å². The number of benzene rings is 1. The van der Waals surface area contributed by atoms with Crippen LogP contribution in [-0.2, 0) is 6.67 Å². The number of nitrogens with one attached hydrogen (secondary N) is 1. The summed E-state index contributed by atoms with van der Waals surface area (Å²) in [6.07, 6.45) is 1.90. The second-order valence-corrected chi connectivity index (χ2v) is 6.98. The SMILES string of the molecule is Cc1nc(C(C)C)ccc1NCn1cnc2ccc(C(C)C)cc21. The molecule has 0 saturated carbocycles. The van der Waals surface area contributed by atoms with Gasteiger partial charge in [-0.2, -0.15) is 0 Å². The molecule has 126 valence electrons. The minimum Gasteiger partial charge on any atom is -0.366 e. The summed E-state index contributed by atoms with van der Waals surface area (Å²) in [5, 5.41) is 3.48. The summed E-state index contributed by atoms with van der Waals surface area (Å²) in [5.74, 6) is 0.963. The number of imidazole rings is 1. The number of rotatable bonds is 5. The Hall–Kier alpha value is -2.36. The molecule has 0 aliphatic carbocycles. The molecule has 0 radical (unpaired) electrons. The zero-order chi connectivity index (χ0) is 17.3. The van der Waals surface area contributed by atoms with Gasteiger partial charge in [-0.15, -0.1) is 0 Å². The van der Waals surface area contributed by atoms with Crippen molar-refractivity contribution in [3.63, 3.8) is 0 Å². The molecule has 0 aliphatic rings. The highest BCUT2D eigenvalue weighted by molar-refractivity contribution is 5.76. The number of pyridine rings is 1. The lowest BCUT2D eigenvalue weighted by atomic mass is 10.0. The molecule has 0 fully saturated rings. The van der Waals surface area contributed by atoms with Crippen LogP contribution in [0.4, 0.5) is 5.69 Å². The first-order valence-corrected chi connectivity index (χ1v) is 8.62. The van der Waals surface area contributed by atoms with E-state index in [1.165, 1.54) is 5.56 Å². The molecule has 0 spiro atoms. The van der Waals surface area contributed by atoms with Gasteiger partial charge in [0, 0.05) is 5.69 Å². The fourth-order valence-electron chi connectivity index (χ4n) is 2.82. The molecule has 24 heavy (non-hydrogen) atoms. The summed E-state index contributed by atoms with van der Waals surface area (Å²) >= 11 is 0. The first-order chi connectivity index (χ1) is 11.5. The molecule has 0 bridgehead atoms. The monoisotopic (exact) mass is 322 g/mol. The zero-order valence-corrected chi connectivity index (χ0v) is 15.2. The van der Waals surface area contributed by atoms with Crippen LogP contribution in [0.3, 0.4) is 0 Å². The molecule has 0 aliphatic heterocycles. The lowest BCUT2D eigenvalue weighted by molar-refractivity contribution is 0.788. The van der Waals surface area contributed by atoms with Gasteiger partial charge in [-0.05, 0) is 48.6 Å². The van der Waals surface area contributed by atoms with Crippen molar-refractivity contribution in [1.29, 1.82) is 0 Å². The van der Waals surface area contributed by atoms with Crippen LogP contribution in [0, 0.1) is 6.92 Å². The zero-order valence-electron chi connectivity index (χ0n) is 15.2. The molecule has 2 heterocycles. The van der Waals surface area contributed by atoms with Crippen molar-refractivity contribution in [2.45, 2.75) is 53.1 Å². The average molecular weight is 322 g/mol. The van der Waals surface area contributed by atoms with Gasteiger partial charge in [0.2, 0.25) is 0 Å². The quantitative estimate of drug-likeness (QED) is 0.714. The number of aryl methyl sites for hydroxylation is 1. The molecule has 0 amide bonds. The normalized spacial score (nSPS) is 11.6. The molecule has 3 aromatic rings. The van der Waals surface area contributed by atoms with Gasteiger partial charge in [0.1, 0.15) is 0 Å². The molecule has 0 atom stereocenters. The van der Waals surface area contributed by atoms with Crippen LogP contribution in [0.2, 0.25) is 0 Å². The van der Waals surface area contributed by atoms with Gasteiger partial charge in [0.25, 0.3) is 0 Å². The number of anilines is 1. The van der Waals surface area contributed by atoms with E-state index in [1.54, 1.807) is 0 Å². The predicted molar refractivity (Wildman–Crippen MR) is 101 cm³/mol. The molecule has 0 saturated heterocycles. The van der Waals surface area contributed by atoms with Gasteiger partial charge in [-0.25, -0.2) is 4.98 Å². The van der Waals surface area contributed by atoms with Crippen molar-refractivity contribution in [2.24, 2.45) is 0 Å². The maximum atomic E-state index is 4.68. The third-order valence-electron chi connectivity index (χ3n) is 4.45. The largest absolute Gasteiger partial charge is 0.366 e. The van der Waals surface area contributed by atoms with Gasteiger partial charge in [0.05, 0.1) is 35.4 Å². The van der Waals surface area contributed by atoms with Crippen molar-refractivity contribution in [3.05, 3.63) is 53.6 Å². The van der Waals surface area contributed by atoms with Gasteiger partial charge in [0.15, 0.2) is 0 Å². The maximum absolute atomic E-state index is 4.68. The summed E-state index contributed by atoms with van der Waals surface area (Å²) in [5.41, 5.74) is 6.77. The second-order valence-electron chi connectivity index (χ2n) is 6.98. The van der Waals surface area contributed by atoms with Crippen molar-refractivity contribution >= 4 is 16.7 Å². The van der Waals surface area contributed by atoms with Crippen molar-refractivity contribution in [1.82, 2.24) is 14.5 Å². The maximum Gasteiger partial charge on any atom is 0.0973 e. The average Bonchev–Trinajstić information content (AvgIpc) is 2.95. The Morgan fingerprint density at radius 3 is 2.50 bits per heavy atom. The molecule has 4 heteroatoms. The van der Waals surface area contributed by atoms with E-state index in [-0.39, 0.29) is 0 Å². The fraction of sp³-hybridized carbons (Fsp3) is 0.400. The standard InChI is InChI=1S/C20H26N4/c1-13(2)16-6-7-19-20(10-16)24(12-22-19)11-21-18-9-8-17(14(3)4)23-15(18)5/h6-10,12-14,21H,11H2,1-5H3. The van der Waals surface area contributed by atoms with Crippen molar-refractivity contribution in [3.8, 4) is 0 Å². The third-order valence-corrected chi connectivity index (χ3v) is 4.45. The van der Waals surface area contributed by atoms with Crippen LogP contribution < -0.4 is 5.32 Å². The van der Waals surface area contributed by atoms with Crippen LogP contribution in [0.1, 0.15) is 56.5 Å². The fourth-order valence-corrected chi connectivity index (χ4v) is 2.82. The van der Waals surface area contributed by atoms with Gasteiger partial charge >= 0.3 is 0 Å². The van der Waals surface area contributed by atoms with Crippen LogP contribution in [-0.4, -0.2) is 14.5 Å². The number of hydrogen-bond acceptors (Lipinski definition) is 3. The van der Waals surface area contributed by atoms with E-state index in [1.807, 2.05) is 6.33 Å². The van der Waals surface area contributed by atoms with Crippen molar-refractivity contribution in [2.75, 3.05) is 5.32 Å². The van der Waals surface area contributed by atoms with Crippen molar-refractivity contribution < 1.29 is 0 Å². The molecule has 1 aromatic carbocycles. The van der Waals surface area contributed by atoms with E-state index in [0.29, 0.717) is 18.5 Å². The summed E-state index contributed by atoms with van der Waals surface area (Å²) in [6.45, 7) is 11.5.